The lowest BCUT2D eigenvalue weighted by Crippen LogP contribution is -2.28. The van der Waals surface area contributed by atoms with Crippen LogP contribution in [0.2, 0.25) is 0 Å². The van der Waals surface area contributed by atoms with E-state index in [1.807, 2.05) is 13.0 Å². The van der Waals surface area contributed by atoms with Crippen molar-refractivity contribution in [3.63, 3.8) is 0 Å². The van der Waals surface area contributed by atoms with E-state index < -0.39 is 0 Å². The van der Waals surface area contributed by atoms with Crippen LogP contribution in [0.15, 0.2) is 23.8 Å². The molecule has 72 valence electrons. The highest BCUT2D eigenvalue weighted by atomic mass is 16.1. The van der Waals surface area contributed by atoms with Crippen molar-refractivity contribution in [2.45, 2.75) is 40.0 Å². The van der Waals surface area contributed by atoms with Gasteiger partial charge >= 0.3 is 0 Å². The number of carbonyl (C=O) groups is 1. The topological polar surface area (TPSA) is 17.1 Å². The van der Waals surface area contributed by atoms with Crippen molar-refractivity contribution in [1.29, 1.82) is 0 Å². The number of allylic oxidation sites excluding steroid dienone is 4. The minimum atomic E-state index is -0.134. The van der Waals surface area contributed by atoms with E-state index in [2.05, 4.69) is 19.9 Å². The highest BCUT2D eigenvalue weighted by Crippen LogP contribution is 2.36. The molecular formula is C12H18O. The normalized spacial score (nSPS) is 29.0. The first-order valence-corrected chi connectivity index (χ1v) is 4.91. The standard InChI is InChI=1S/C12H18O/c1-4-6-11(13)12(3)8-5-7-10(2)9-12/h4,6-7H,5,8-9H2,1-3H3. The van der Waals surface area contributed by atoms with E-state index >= 15 is 0 Å². The van der Waals surface area contributed by atoms with Crippen LogP contribution in [0.5, 0.6) is 0 Å². The first-order valence-electron chi connectivity index (χ1n) is 4.91. The van der Waals surface area contributed by atoms with Crippen molar-refractivity contribution < 1.29 is 4.79 Å². The largest absolute Gasteiger partial charge is 0.294 e. The van der Waals surface area contributed by atoms with Crippen LogP contribution >= 0.6 is 0 Å². The van der Waals surface area contributed by atoms with Crippen molar-refractivity contribution in [1.82, 2.24) is 0 Å². The highest BCUT2D eigenvalue weighted by molar-refractivity contribution is 5.94. The fraction of sp³-hybridized carbons (Fsp3) is 0.583. The molecule has 0 aliphatic heterocycles. The molecule has 13 heavy (non-hydrogen) atoms. The Labute approximate surface area is 80.5 Å². The van der Waals surface area contributed by atoms with Gasteiger partial charge in [-0.2, -0.15) is 0 Å². The van der Waals surface area contributed by atoms with E-state index in [1.54, 1.807) is 6.08 Å². The van der Waals surface area contributed by atoms with E-state index in [9.17, 15) is 4.79 Å². The summed E-state index contributed by atoms with van der Waals surface area (Å²) in [7, 11) is 0. The van der Waals surface area contributed by atoms with Gasteiger partial charge in [0.1, 0.15) is 0 Å². The summed E-state index contributed by atoms with van der Waals surface area (Å²) in [6.45, 7) is 6.08. The van der Waals surface area contributed by atoms with Gasteiger partial charge in [-0.3, -0.25) is 4.79 Å². The molecule has 0 spiro atoms. The molecule has 0 heterocycles. The molecule has 1 heteroatoms. The Morgan fingerprint density at radius 1 is 1.62 bits per heavy atom. The summed E-state index contributed by atoms with van der Waals surface area (Å²) in [6, 6.07) is 0. The average Bonchev–Trinajstić information content (AvgIpc) is 2.04. The smallest absolute Gasteiger partial charge is 0.161 e. The van der Waals surface area contributed by atoms with Crippen molar-refractivity contribution >= 4 is 5.78 Å². The Kier molecular flexibility index (Phi) is 3.07. The fourth-order valence-electron chi connectivity index (χ4n) is 1.98. The molecule has 1 aliphatic carbocycles. The number of ketones is 1. The third-order valence-corrected chi connectivity index (χ3v) is 2.77. The number of rotatable bonds is 2. The predicted octanol–water partition coefficient (Wildman–Crippen LogP) is 3.27. The van der Waals surface area contributed by atoms with Gasteiger partial charge in [0.25, 0.3) is 0 Å². The van der Waals surface area contributed by atoms with E-state index in [0.717, 1.165) is 19.3 Å². The molecule has 1 unspecified atom stereocenters. The van der Waals surface area contributed by atoms with Gasteiger partial charge in [0, 0.05) is 5.41 Å². The molecule has 0 aromatic carbocycles. The molecular weight excluding hydrogens is 160 g/mol. The molecule has 0 radical (unpaired) electrons. The van der Waals surface area contributed by atoms with Gasteiger partial charge < -0.3 is 0 Å². The first-order chi connectivity index (χ1) is 6.08. The van der Waals surface area contributed by atoms with E-state index in [4.69, 9.17) is 0 Å². The predicted molar refractivity (Wildman–Crippen MR) is 55.5 cm³/mol. The van der Waals surface area contributed by atoms with Gasteiger partial charge in [-0.25, -0.2) is 0 Å². The molecule has 0 aromatic heterocycles. The zero-order valence-electron chi connectivity index (χ0n) is 8.76. The van der Waals surface area contributed by atoms with Crippen LogP contribution < -0.4 is 0 Å². The molecule has 1 aliphatic rings. The summed E-state index contributed by atoms with van der Waals surface area (Å²) in [6.07, 6.45) is 8.75. The monoisotopic (exact) mass is 178 g/mol. The van der Waals surface area contributed by atoms with Crippen LogP contribution in [-0.4, -0.2) is 5.78 Å². The molecule has 0 amide bonds. The Balaban J connectivity index is 2.77. The summed E-state index contributed by atoms with van der Waals surface area (Å²) in [4.78, 5) is 11.8. The maximum absolute atomic E-state index is 11.8. The van der Waals surface area contributed by atoms with Crippen LogP contribution in [0.3, 0.4) is 0 Å². The molecule has 0 bridgehead atoms. The summed E-state index contributed by atoms with van der Waals surface area (Å²) >= 11 is 0. The number of hydrogen-bond acceptors (Lipinski definition) is 1. The summed E-state index contributed by atoms with van der Waals surface area (Å²) in [5.41, 5.74) is 1.22. The van der Waals surface area contributed by atoms with Gasteiger partial charge in [0.05, 0.1) is 0 Å². The van der Waals surface area contributed by atoms with E-state index in [1.165, 1.54) is 5.57 Å². The quantitative estimate of drug-likeness (QED) is 0.468. The summed E-state index contributed by atoms with van der Waals surface area (Å²) in [5.74, 6) is 0.280. The zero-order valence-corrected chi connectivity index (χ0v) is 8.76. The SMILES string of the molecule is CC=CC(=O)C1(C)CCC=C(C)C1. The van der Waals surface area contributed by atoms with Crippen LogP contribution in [0.4, 0.5) is 0 Å². The molecule has 0 saturated carbocycles. The van der Waals surface area contributed by atoms with Gasteiger partial charge in [-0.15, -0.1) is 0 Å². The molecule has 0 saturated heterocycles. The third kappa shape index (κ3) is 2.30. The second-order valence-corrected chi connectivity index (χ2v) is 4.19. The molecule has 1 rings (SSSR count). The lowest BCUT2D eigenvalue weighted by molar-refractivity contribution is -0.123. The summed E-state index contributed by atoms with van der Waals surface area (Å²) in [5, 5.41) is 0. The van der Waals surface area contributed by atoms with Crippen LogP contribution in [0.25, 0.3) is 0 Å². The van der Waals surface area contributed by atoms with Crippen LogP contribution in [0.1, 0.15) is 40.0 Å². The van der Waals surface area contributed by atoms with E-state index in [-0.39, 0.29) is 11.2 Å². The maximum atomic E-state index is 11.8. The minimum Gasteiger partial charge on any atom is -0.294 e. The third-order valence-electron chi connectivity index (χ3n) is 2.77. The average molecular weight is 178 g/mol. The van der Waals surface area contributed by atoms with Crippen molar-refractivity contribution in [2.24, 2.45) is 5.41 Å². The maximum Gasteiger partial charge on any atom is 0.161 e. The molecule has 0 fully saturated rings. The van der Waals surface area contributed by atoms with Gasteiger partial charge in [-0.05, 0) is 39.2 Å². The lowest BCUT2D eigenvalue weighted by atomic mass is 9.73. The molecule has 0 N–H and O–H groups in total. The Bertz CT molecular complexity index is 260. The minimum absolute atomic E-state index is 0.134. The van der Waals surface area contributed by atoms with E-state index in [0.29, 0.717) is 0 Å². The highest BCUT2D eigenvalue weighted by Gasteiger charge is 2.32. The second-order valence-electron chi connectivity index (χ2n) is 4.19. The number of hydrogen-bond donors (Lipinski definition) is 0. The lowest BCUT2D eigenvalue weighted by Gasteiger charge is -2.30. The first kappa shape index (κ1) is 10.2. The van der Waals surface area contributed by atoms with Crippen LogP contribution in [-0.2, 0) is 4.79 Å². The van der Waals surface area contributed by atoms with Crippen molar-refractivity contribution in [3.8, 4) is 0 Å². The summed E-state index contributed by atoms with van der Waals surface area (Å²) < 4.78 is 0. The molecule has 1 nitrogen and oxygen atoms in total. The zero-order chi connectivity index (χ0) is 9.90. The van der Waals surface area contributed by atoms with Crippen LogP contribution in [0, 0.1) is 5.41 Å². The molecule has 0 aromatic rings. The van der Waals surface area contributed by atoms with Gasteiger partial charge in [-0.1, -0.05) is 24.6 Å². The van der Waals surface area contributed by atoms with Crippen molar-refractivity contribution in [3.05, 3.63) is 23.8 Å². The second kappa shape index (κ2) is 3.91. The Morgan fingerprint density at radius 3 is 2.85 bits per heavy atom. The van der Waals surface area contributed by atoms with Gasteiger partial charge in [0.2, 0.25) is 0 Å². The van der Waals surface area contributed by atoms with Crippen molar-refractivity contribution in [2.75, 3.05) is 0 Å². The number of carbonyl (C=O) groups excluding carboxylic acids is 1. The Hall–Kier alpha value is -0.850. The Morgan fingerprint density at radius 2 is 2.31 bits per heavy atom. The fourth-order valence-corrected chi connectivity index (χ4v) is 1.98. The van der Waals surface area contributed by atoms with Gasteiger partial charge in [0.15, 0.2) is 5.78 Å². The molecule has 1 atom stereocenters.